The summed E-state index contributed by atoms with van der Waals surface area (Å²) in [6, 6.07) is 0. The number of nitrogen functional groups attached to an aromatic ring is 1. The molecule has 1 aromatic rings. The Balaban J connectivity index is 2.29. The average Bonchev–Trinajstić information content (AvgIpc) is 2.30. The molecule has 0 amide bonds. The van der Waals surface area contributed by atoms with Crippen LogP contribution in [0.2, 0.25) is 0 Å². The van der Waals surface area contributed by atoms with Crippen LogP contribution < -0.4 is 10.6 Å². The molecule has 2 atom stereocenters. The van der Waals surface area contributed by atoms with E-state index in [1.807, 2.05) is 11.8 Å². The van der Waals surface area contributed by atoms with Gasteiger partial charge < -0.3 is 10.6 Å². The lowest BCUT2D eigenvalue weighted by molar-refractivity contribution is 0.710. The normalized spacial score (nSPS) is 24.3. The van der Waals surface area contributed by atoms with Crippen molar-refractivity contribution in [3.05, 3.63) is 11.9 Å². The van der Waals surface area contributed by atoms with Gasteiger partial charge in [0.25, 0.3) is 0 Å². The number of rotatable bonds is 3. The molecule has 1 aromatic heterocycles. The first-order valence-corrected chi connectivity index (χ1v) is 7.55. The molecule has 4 nitrogen and oxygen atoms in total. The van der Waals surface area contributed by atoms with Gasteiger partial charge in [0.15, 0.2) is 0 Å². The third-order valence-electron chi connectivity index (χ3n) is 3.18. The second-order valence-corrected chi connectivity index (χ2v) is 6.86. The molecule has 0 bridgehead atoms. The molecule has 0 aliphatic carbocycles. The van der Waals surface area contributed by atoms with E-state index >= 15 is 0 Å². The van der Waals surface area contributed by atoms with Crippen LogP contribution >= 0.6 is 11.8 Å². The van der Waals surface area contributed by atoms with Gasteiger partial charge in [-0.2, -0.15) is 11.8 Å². The summed E-state index contributed by atoms with van der Waals surface area (Å²) in [6.45, 7) is 8.80. The van der Waals surface area contributed by atoms with Crippen LogP contribution in [-0.2, 0) is 6.42 Å². The van der Waals surface area contributed by atoms with Gasteiger partial charge in [0.05, 0.1) is 0 Å². The second-order valence-electron chi connectivity index (χ2n) is 4.97. The quantitative estimate of drug-likeness (QED) is 0.910. The van der Waals surface area contributed by atoms with Gasteiger partial charge in [-0.15, -0.1) is 0 Å². The van der Waals surface area contributed by atoms with Crippen molar-refractivity contribution in [1.82, 2.24) is 9.97 Å². The van der Waals surface area contributed by atoms with Crippen molar-refractivity contribution in [2.45, 2.75) is 44.1 Å². The zero-order valence-corrected chi connectivity index (χ0v) is 12.2. The Hall–Kier alpha value is -0.970. The molecule has 2 N–H and O–H groups in total. The minimum Gasteiger partial charge on any atom is -0.383 e. The molecule has 5 heteroatoms. The van der Waals surface area contributed by atoms with Crippen LogP contribution in [0.25, 0.3) is 0 Å². The van der Waals surface area contributed by atoms with E-state index in [4.69, 9.17) is 5.73 Å². The molecule has 1 aliphatic heterocycles. The topological polar surface area (TPSA) is 55.0 Å². The van der Waals surface area contributed by atoms with Crippen molar-refractivity contribution in [3.8, 4) is 0 Å². The van der Waals surface area contributed by atoms with Gasteiger partial charge in [0.2, 0.25) is 0 Å². The van der Waals surface area contributed by atoms with Gasteiger partial charge in [-0.05, 0) is 6.42 Å². The minimum atomic E-state index is 0.638. The lowest BCUT2D eigenvalue weighted by atomic mass is 10.1. The summed E-state index contributed by atoms with van der Waals surface area (Å²) in [7, 11) is 0. The van der Waals surface area contributed by atoms with E-state index < -0.39 is 0 Å². The zero-order chi connectivity index (χ0) is 13.1. The Morgan fingerprint density at radius 1 is 1.33 bits per heavy atom. The average molecular weight is 266 g/mol. The highest BCUT2D eigenvalue weighted by molar-refractivity contribution is 8.00. The first-order chi connectivity index (χ1) is 8.61. The standard InChI is InChI=1S/C13H22N4S/c1-4-5-11-12(14)15-8-16-13(11)17-6-9(2)18-10(3)7-17/h8-10H,4-7H2,1-3H3,(H2,14,15,16). The number of thioether (sulfide) groups is 1. The summed E-state index contributed by atoms with van der Waals surface area (Å²) in [5, 5.41) is 1.28. The molecule has 100 valence electrons. The monoisotopic (exact) mass is 266 g/mol. The summed E-state index contributed by atoms with van der Waals surface area (Å²) >= 11 is 2.05. The van der Waals surface area contributed by atoms with E-state index in [0.29, 0.717) is 16.3 Å². The smallest absolute Gasteiger partial charge is 0.137 e. The third kappa shape index (κ3) is 2.88. The number of nitrogens with zero attached hydrogens (tertiary/aromatic N) is 3. The van der Waals surface area contributed by atoms with Crippen LogP contribution in [0.1, 0.15) is 32.8 Å². The molecule has 0 saturated carbocycles. The third-order valence-corrected chi connectivity index (χ3v) is 4.40. The van der Waals surface area contributed by atoms with Gasteiger partial charge in [0, 0.05) is 29.2 Å². The Labute approximate surface area is 113 Å². The minimum absolute atomic E-state index is 0.638. The predicted octanol–water partition coefficient (Wildman–Crippen LogP) is 2.34. The van der Waals surface area contributed by atoms with Crippen molar-refractivity contribution in [1.29, 1.82) is 0 Å². The summed E-state index contributed by atoms with van der Waals surface area (Å²) in [4.78, 5) is 11.0. The summed E-state index contributed by atoms with van der Waals surface area (Å²) < 4.78 is 0. The highest BCUT2D eigenvalue weighted by Gasteiger charge is 2.25. The molecule has 2 rings (SSSR count). The van der Waals surface area contributed by atoms with Crippen molar-refractivity contribution in [2.24, 2.45) is 0 Å². The highest BCUT2D eigenvalue weighted by Crippen LogP contribution is 2.30. The van der Waals surface area contributed by atoms with Gasteiger partial charge in [-0.25, -0.2) is 9.97 Å². The predicted molar refractivity (Wildman–Crippen MR) is 79.2 cm³/mol. The van der Waals surface area contributed by atoms with E-state index in [0.717, 1.165) is 37.3 Å². The van der Waals surface area contributed by atoms with Crippen LogP contribution in [0.3, 0.4) is 0 Å². The van der Waals surface area contributed by atoms with Gasteiger partial charge in [-0.3, -0.25) is 0 Å². The molecule has 1 fully saturated rings. The molecule has 1 aliphatic rings. The van der Waals surface area contributed by atoms with Crippen LogP contribution in [0.5, 0.6) is 0 Å². The Morgan fingerprint density at radius 2 is 2.00 bits per heavy atom. The van der Waals surface area contributed by atoms with E-state index in [1.165, 1.54) is 0 Å². The molecular weight excluding hydrogens is 244 g/mol. The zero-order valence-electron chi connectivity index (χ0n) is 11.4. The Morgan fingerprint density at radius 3 is 2.61 bits per heavy atom. The maximum Gasteiger partial charge on any atom is 0.137 e. The fourth-order valence-corrected chi connectivity index (χ4v) is 3.85. The maximum atomic E-state index is 6.00. The van der Waals surface area contributed by atoms with Crippen molar-refractivity contribution < 1.29 is 0 Å². The van der Waals surface area contributed by atoms with Gasteiger partial charge in [-0.1, -0.05) is 27.2 Å². The second kappa shape index (κ2) is 5.78. The molecule has 1 saturated heterocycles. The number of hydrogen-bond donors (Lipinski definition) is 1. The molecule has 18 heavy (non-hydrogen) atoms. The number of anilines is 2. The number of aromatic nitrogens is 2. The molecule has 2 heterocycles. The first-order valence-electron chi connectivity index (χ1n) is 6.61. The van der Waals surface area contributed by atoms with Crippen LogP contribution in [0.15, 0.2) is 6.33 Å². The van der Waals surface area contributed by atoms with Crippen LogP contribution in [-0.4, -0.2) is 33.6 Å². The van der Waals surface area contributed by atoms with E-state index in [1.54, 1.807) is 6.33 Å². The molecule has 2 unspecified atom stereocenters. The van der Waals surface area contributed by atoms with Crippen LogP contribution in [0, 0.1) is 0 Å². The Kier molecular flexibility index (Phi) is 4.32. The molecule has 0 radical (unpaired) electrons. The van der Waals surface area contributed by atoms with Crippen molar-refractivity contribution in [2.75, 3.05) is 23.7 Å². The highest BCUT2D eigenvalue weighted by atomic mass is 32.2. The largest absolute Gasteiger partial charge is 0.383 e. The SMILES string of the molecule is CCCc1c(N)ncnc1N1CC(C)SC(C)C1. The summed E-state index contributed by atoms with van der Waals surface area (Å²) in [5.74, 6) is 1.68. The lowest BCUT2D eigenvalue weighted by Gasteiger charge is -2.36. The van der Waals surface area contributed by atoms with E-state index in [9.17, 15) is 0 Å². The first kappa shape index (κ1) is 13.5. The van der Waals surface area contributed by atoms with Gasteiger partial charge in [0.1, 0.15) is 18.0 Å². The van der Waals surface area contributed by atoms with Gasteiger partial charge >= 0.3 is 0 Å². The summed E-state index contributed by atoms with van der Waals surface area (Å²) in [6.07, 6.45) is 3.60. The van der Waals surface area contributed by atoms with E-state index in [-0.39, 0.29) is 0 Å². The Bertz CT molecular complexity index is 400. The lowest BCUT2D eigenvalue weighted by Crippen LogP contribution is -2.41. The number of hydrogen-bond acceptors (Lipinski definition) is 5. The fourth-order valence-electron chi connectivity index (χ4n) is 2.53. The van der Waals surface area contributed by atoms with Crippen molar-refractivity contribution >= 4 is 23.4 Å². The fraction of sp³-hybridized carbons (Fsp3) is 0.692. The van der Waals surface area contributed by atoms with E-state index in [2.05, 4.69) is 35.6 Å². The maximum absolute atomic E-state index is 6.00. The molecule has 0 spiro atoms. The van der Waals surface area contributed by atoms with Crippen molar-refractivity contribution in [3.63, 3.8) is 0 Å². The number of nitrogens with two attached hydrogens (primary N) is 1. The molecule has 0 aromatic carbocycles. The van der Waals surface area contributed by atoms with Crippen LogP contribution in [0.4, 0.5) is 11.6 Å². The summed E-state index contributed by atoms with van der Waals surface area (Å²) in [5.41, 5.74) is 7.12. The molecular formula is C13H22N4S.